The van der Waals surface area contributed by atoms with Crippen molar-refractivity contribution in [2.75, 3.05) is 11.1 Å². The van der Waals surface area contributed by atoms with Crippen LogP contribution >= 0.6 is 11.6 Å². The number of sulfone groups is 1. The van der Waals surface area contributed by atoms with Gasteiger partial charge < -0.3 is 16.2 Å². The van der Waals surface area contributed by atoms with Gasteiger partial charge in [0, 0.05) is 23.0 Å². The van der Waals surface area contributed by atoms with Gasteiger partial charge in [-0.15, -0.1) is 0 Å². The molecule has 150 valence electrons. The molecule has 1 unspecified atom stereocenters. The van der Waals surface area contributed by atoms with Gasteiger partial charge >= 0.3 is 0 Å². The number of aliphatic hydroxyl groups is 1. The Kier molecular flexibility index (Phi) is 6.29. The molecule has 0 aliphatic heterocycles. The third-order valence-corrected chi connectivity index (χ3v) is 6.13. The maximum absolute atomic E-state index is 12.5. The van der Waals surface area contributed by atoms with Gasteiger partial charge in [0.05, 0.1) is 21.4 Å². The van der Waals surface area contributed by atoms with E-state index in [4.69, 9.17) is 22.4 Å². The van der Waals surface area contributed by atoms with Crippen LogP contribution in [0.1, 0.15) is 10.4 Å². The monoisotopic (exact) mass is 431 g/mol. The molecule has 7 nitrogen and oxygen atoms in total. The third kappa shape index (κ3) is 5.18. The van der Waals surface area contributed by atoms with Crippen molar-refractivity contribution >= 4 is 33.0 Å². The molecular formula is C20H18ClN3O4S. The maximum atomic E-state index is 12.5. The molecule has 4 N–H and O–H groups in total. The fraction of sp³-hybridized carbons (Fsp3) is 0.100. The van der Waals surface area contributed by atoms with Gasteiger partial charge in [-0.25, -0.2) is 8.42 Å². The molecule has 0 bridgehead atoms. The third-order valence-electron chi connectivity index (χ3n) is 4.03. The Morgan fingerprint density at radius 2 is 1.86 bits per heavy atom. The lowest BCUT2D eigenvalue weighted by Crippen LogP contribution is -2.29. The highest BCUT2D eigenvalue weighted by Gasteiger charge is 2.18. The molecule has 1 amide bonds. The maximum Gasteiger partial charge on any atom is 0.255 e. The second-order valence-electron chi connectivity index (χ2n) is 6.24. The number of aromatic nitrogens is 1. The van der Waals surface area contributed by atoms with Gasteiger partial charge in [0.1, 0.15) is 6.23 Å². The molecule has 9 heteroatoms. The van der Waals surface area contributed by atoms with E-state index in [1.54, 1.807) is 30.5 Å². The van der Waals surface area contributed by atoms with Crippen LogP contribution in [-0.2, 0) is 9.84 Å². The number of nitrogens with two attached hydrogens (primary N) is 1. The van der Waals surface area contributed by atoms with E-state index in [0.29, 0.717) is 22.0 Å². The van der Waals surface area contributed by atoms with Crippen molar-refractivity contribution in [1.29, 1.82) is 0 Å². The summed E-state index contributed by atoms with van der Waals surface area (Å²) in [5.41, 5.74) is 7.27. The molecule has 0 fully saturated rings. The Balaban J connectivity index is 1.79. The van der Waals surface area contributed by atoms with Gasteiger partial charge in [-0.2, -0.15) is 0 Å². The van der Waals surface area contributed by atoms with Gasteiger partial charge in [-0.3, -0.25) is 9.78 Å². The van der Waals surface area contributed by atoms with Crippen molar-refractivity contribution in [3.63, 3.8) is 0 Å². The normalized spacial score (nSPS) is 12.4. The first kappa shape index (κ1) is 20.9. The molecule has 0 aliphatic carbocycles. The summed E-state index contributed by atoms with van der Waals surface area (Å²) in [6.07, 6.45) is 0.178. The predicted molar refractivity (Wildman–Crippen MR) is 111 cm³/mol. The Labute approximate surface area is 173 Å². The number of halogens is 1. The zero-order valence-corrected chi connectivity index (χ0v) is 16.7. The van der Waals surface area contributed by atoms with E-state index in [-0.39, 0.29) is 10.5 Å². The Morgan fingerprint density at radius 1 is 1.14 bits per heavy atom. The highest BCUT2D eigenvalue weighted by Crippen LogP contribution is 2.29. The number of amides is 1. The summed E-state index contributed by atoms with van der Waals surface area (Å²) in [7, 11) is -3.73. The highest BCUT2D eigenvalue weighted by atomic mass is 35.5. The molecule has 1 heterocycles. The molecule has 0 saturated carbocycles. The van der Waals surface area contributed by atoms with Crippen molar-refractivity contribution < 1.29 is 18.3 Å². The van der Waals surface area contributed by atoms with Gasteiger partial charge in [-0.1, -0.05) is 17.7 Å². The first-order valence-electron chi connectivity index (χ1n) is 8.55. The van der Waals surface area contributed by atoms with E-state index in [1.165, 1.54) is 24.3 Å². The van der Waals surface area contributed by atoms with Crippen LogP contribution < -0.4 is 11.1 Å². The number of anilines is 1. The number of hydrogen-bond donors (Lipinski definition) is 3. The van der Waals surface area contributed by atoms with Crippen LogP contribution in [-0.4, -0.2) is 36.4 Å². The number of rotatable bonds is 6. The minimum atomic E-state index is -3.73. The first-order valence-corrected chi connectivity index (χ1v) is 10.6. The number of carbonyl (C=O) groups excluding carboxylic acids is 1. The molecule has 2 aromatic carbocycles. The van der Waals surface area contributed by atoms with E-state index < -0.39 is 27.7 Å². The van der Waals surface area contributed by atoms with Crippen LogP contribution in [0.5, 0.6) is 0 Å². The SMILES string of the molecule is NC(O)CS(=O)(=O)c1ccc(C(=O)Nc2ccc(Cl)c(-c3ccccn3)c2)cc1. The number of hydrogen-bond acceptors (Lipinski definition) is 6. The summed E-state index contributed by atoms with van der Waals surface area (Å²) >= 11 is 6.24. The fourth-order valence-electron chi connectivity index (χ4n) is 2.66. The number of aliphatic hydroxyl groups excluding tert-OH is 1. The van der Waals surface area contributed by atoms with Crippen LogP contribution in [0.15, 0.2) is 71.8 Å². The quantitative estimate of drug-likeness (QED) is 0.516. The summed E-state index contributed by atoms with van der Waals surface area (Å²) in [6, 6.07) is 15.9. The largest absolute Gasteiger partial charge is 0.378 e. The zero-order chi connectivity index (χ0) is 21.0. The van der Waals surface area contributed by atoms with Crippen molar-refractivity contribution in [3.8, 4) is 11.3 Å². The Bertz CT molecular complexity index is 1120. The Hall–Kier alpha value is -2.78. The van der Waals surface area contributed by atoms with Gasteiger partial charge in [0.25, 0.3) is 5.91 Å². The second-order valence-corrected chi connectivity index (χ2v) is 8.68. The van der Waals surface area contributed by atoms with Crippen LogP contribution in [0.2, 0.25) is 5.02 Å². The first-order chi connectivity index (χ1) is 13.8. The number of nitrogens with one attached hydrogen (secondary N) is 1. The molecule has 29 heavy (non-hydrogen) atoms. The average molecular weight is 432 g/mol. The summed E-state index contributed by atoms with van der Waals surface area (Å²) in [5.74, 6) is -1.01. The van der Waals surface area contributed by atoms with E-state index in [2.05, 4.69) is 10.3 Å². The molecule has 0 aliphatic rings. The Morgan fingerprint density at radius 3 is 2.48 bits per heavy atom. The number of pyridine rings is 1. The van der Waals surface area contributed by atoms with Crippen molar-refractivity contribution in [1.82, 2.24) is 4.98 Å². The number of benzene rings is 2. The minimum Gasteiger partial charge on any atom is -0.378 e. The molecule has 0 saturated heterocycles. The highest BCUT2D eigenvalue weighted by molar-refractivity contribution is 7.91. The fourth-order valence-corrected chi connectivity index (χ4v) is 4.07. The van der Waals surface area contributed by atoms with E-state index in [1.807, 2.05) is 12.1 Å². The van der Waals surface area contributed by atoms with Gasteiger partial charge in [-0.05, 0) is 54.6 Å². The molecule has 3 aromatic rings. The molecule has 1 atom stereocenters. The lowest BCUT2D eigenvalue weighted by Gasteiger charge is -2.10. The predicted octanol–water partition coefficient (Wildman–Crippen LogP) is 2.71. The summed E-state index contributed by atoms with van der Waals surface area (Å²) < 4.78 is 24.1. The summed E-state index contributed by atoms with van der Waals surface area (Å²) in [6.45, 7) is 0. The number of nitrogens with zero attached hydrogens (tertiary/aromatic N) is 1. The van der Waals surface area contributed by atoms with Gasteiger partial charge in [0.15, 0.2) is 9.84 Å². The van der Waals surface area contributed by atoms with E-state index in [9.17, 15) is 13.2 Å². The van der Waals surface area contributed by atoms with Crippen LogP contribution in [0, 0.1) is 0 Å². The second kappa shape index (κ2) is 8.71. The molecule has 0 radical (unpaired) electrons. The number of carbonyl (C=O) groups is 1. The summed E-state index contributed by atoms with van der Waals surface area (Å²) in [5, 5.41) is 12.4. The van der Waals surface area contributed by atoms with Crippen LogP contribution in [0.4, 0.5) is 5.69 Å². The summed E-state index contributed by atoms with van der Waals surface area (Å²) in [4.78, 5) is 16.8. The zero-order valence-electron chi connectivity index (χ0n) is 15.1. The van der Waals surface area contributed by atoms with Crippen LogP contribution in [0.25, 0.3) is 11.3 Å². The lowest BCUT2D eigenvalue weighted by molar-refractivity contribution is 0.102. The van der Waals surface area contributed by atoms with Crippen LogP contribution in [0.3, 0.4) is 0 Å². The average Bonchev–Trinajstić information content (AvgIpc) is 2.69. The van der Waals surface area contributed by atoms with Gasteiger partial charge in [0.2, 0.25) is 0 Å². The van der Waals surface area contributed by atoms with Crippen molar-refractivity contribution in [2.24, 2.45) is 5.73 Å². The van der Waals surface area contributed by atoms with E-state index >= 15 is 0 Å². The topological polar surface area (TPSA) is 122 Å². The smallest absolute Gasteiger partial charge is 0.255 e. The minimum absolute atomic E-state index is 0.0255. The van der Waals surface area contributed by atoms with E-state index in [0.717, 1.165) is 0 Å². The lowest BCUT2D eigenvalue weighted by atomic mass is 10.1. The standard InChI is InChI=1S/C20H18ClN3O4S/c21-17-9-6-14(11-16(17)18-3-1-2-10-23-18)24-20(26)13-4-7-15(8-5-13)29(27,28)12-19(22)25/h1-11,19,25H,12,22H2,(H,24,26). The molecule has 0 spiro atoms. The molecule has 1 aromatic heterocycles. The van der Waals surface area contributed by atoms with Crippen molar-refractivity contribution in [3.05, 3.63) is 77.4 Å². The molecule has 3 rings (SSSR count). The van der Waals surface area contributed by atoms with Crippen molar-refractivity contribution in [2.45, 2.75) is 11.1 Å². The molecular weight excluding hydrogens is 414 g/mol.